The summed E-state index contributed by atoms with van der Waals surface area (Å²) in [5, 5.41) is 2.73. The van der Waals surface area contributed by atoms with Crippen LogP contribution < -0.4 is 16.6 Å². The van der Waals surface area contributed by atoms with Crippen molar-refractivity contribution in [3.05, 3.63) is 62.2 Å². The van der Waals surface area contributed by atoms with Crippen molar-refractivity contribution in [1.82, 2.24) is 19.6 Å². The fraction of sp³-hybridized carbons (Fsp3) is 0.389. The molecule has 1 aliphatic heterocycles. The fourth-order valence-corrected chi connectivity index (χ4v) is 5.07. The summed E-state index contributed by atoms with van der Waals surface area (Å²) in [4.78, 5) is 39.6. The molecule has 3 N–H and O–H groups in total. The van der Waals surface area contributed by atoms with Crippen molar-refractivity contribution in [2.45, 2.75) is 31.2 Å². The summed E-state index contributed by atoms with van der Waals surface area (Å²) in [6.45, 7) is 1.62. The normalized spacial score (nSPS) is 17.8. The standard InChI is InChI=1S/C18H21FN4O5S/c1-11-15(17(25)22-18(26)21-11)29(27,28)23-8-2-3-13(10-23)16(24)20-9-12-4-6-14(19)7-5-12/h4-7,13H,2-3,8-10H2,1H3,(H,20,24)(H2,21,22,25,26). The molecule has 0 radical (unpaired) electrons. The number of hydrogen-bond donors (Lipinski definition) is 3. The zero-order chi connectivity index (χ0) is 21.2. The second-order valence-electron chi connectivity index (χ2n) is 6.91. The molecule has 156 valence electrons. The zero-order valence-corrected chi connectivity index (χ0v) is 16.5. The van der Waals surface area contributed by atoms with Gasteiger partial charge in [0.15, 0.2) is 4.90 Å². The Morgan fingerprint density at radius 1 is 1.24 bits per heavy atom. The molecule has 0 saturated carbocycles. The third-order valence-corrected chi connectivity index (χ3v) is 6.83. The number of nitrogens with one attached hydrogen (secondary N) is 3. The summed E-state index contributed by atoms with van der Waals surface area (Å²) in [6.07, 6.45) is 0.955. The minimum Gasteiger partial charge on any atom is -0.352 e. The van der Waals surface area contributed by atoms with Crippen LogP contribution in [0.3, 0.4) is 0 Å². The lowest BCUT2D eigenvalue weighted by atomic mass is 9.99. The molecule has 1 saturated heterocycles. The molecule has 1 atom stereocenters. The van der Waals surface area contributed by atoms with Crippen LogP contribution in [0.1, 0.15) is 24.1 Å². The molecule has 11 heteroatoms. The summed E-state index contributed by atoms with van der Waals surface area (Å²) in [6, 6.07) is 5.69. The second-order valence-corrected chi connectivity index (χ2v) is 8.78. The molecule has 0 spiro atoms. The van der Waals surface area contributed by atoms with Crippen LogP contribution in [0, 0.1) is 18.7 Å². The Morgan fingerprint density at radius 3 is 2.59 bits per heavy atom. The van der Waals surface area contributed by atoms with Gasteiger partial charge in [-0.25, -0.2) is 17.6 Å². The third-order valence-electron chi connectivity index (χ3n) is 4.81. The average Bonchev–Trinajstić information content (AvgIpc) is 2.66. The number of H-pyrrole nitrogens is 2. The number of rotatable bonds is 5. The number of amides is 1. The van der Waals surface area contributed by atoms with Crippen molar-refractivity contribution in [2.24, 2.45) is 5.92 Å². The first-order valence-corrected chi connectivity index (χ1v) is 10.5. The molecule has 29 heavy (non-hydrogen) atoms. The van der Waals surface area contributed by atoms with E-state index in [4.69, 9.17) is 0 Å². The van der Waals surface area contributed by atoms with Gasteiger partial charge in [0.1, 0.15) is 5.82 Å². The lowest BCUT2D eigenvalue weighted by molar-refractivity contribution is -0.126. The highest BCUT2D eigenvalue weighted by atomic mass is 32.2. The second kappa shape index (κ2) is 8.29. The van der Waals surface area contributed by atoms with E-state index in [2.05, 4.69) is 10.3 Å². The predicted molar refractivity (Wildman–Crippen MR) is 102 cm³/mol. The van der Waals surface area contributed by atoms with Gasteiger partial charge in [-0.1, -0.05) is 12.1 Å². The number of aromatic amines is 2. The Balaban J connectivity index is 1.73. The zero-order valence-electron chi connectivity index (χ0n) is 15.7. The van der Waals surface area contributed by atoms with E-state index in [0.717, 1.165) is 9.87 Å². The van der Waals surface area contributed by atoms with Crippen molar-refractivity contribution in [3.63, 3.8) is 0 Å². The number of aromatic nitrogens is 2. The first-order valence-electron chi connectivity index (χ1n) is 9.04. The minimum atomic E-state index is -4.18. The predicted octanol–water partition coefficient (Wildman–Crippen LogP) is 0.228. The Kier molecular flexibility index (Phi) is 5.99. The Morgan fingerprint density at radius 2 is 1.93 bits per heavy atom. The number of benzene rings is 1. The summed E-state index contributed by atoms with van der Waals surface area (Å²) in [5.74, 6) is -1.27. The van der Waals surface area contributed by atoms with Crippen LogP contribution in [0.2, 0.25) is 0 Å². The third kappa shape index (κ3) is 4.62. The number of carbonyl (C=O) groups excluding carboxylic acids is 1. The average molecular weight is 424 g/mol. The molecule has 1 unspecified atom stereocenters. The van der Waals surface area contributed by atoms with Gasteiger partial charge in [-0.2, -0.15) is 4.31 Å². The van der Waals surface area contributed by atoms with Crippen molar-refractivity contribution in [1.29, 1.82) is 0 Å². The maximum Gasteiger partial charge on any atom is 0.325 e. The van der Waals surface area contributed by atoms with Crippen molar-refractivity contribution < 1.29 is 17.6 Å². The molecule has 1 amide bonds. The number of carbonyl (C=O) groups is 1. The summed E-state index contributed by atoms with van der Waals surface area (Å²) < 4.78 is 39.9. The van der Waals surface area contributed by atoms with E-state index < -0.39 is 32.1 Å². The highest BCUT2D eigenvalue weighted by Gasteiger charge is 2.35. The fourth-order valence-electron chi connectivity index (χ4n) is 3.34. The van der Waals surface area contributed by atoms with Crippen molar-refractivity contribution in [2.75, 3.05) is 13.1 Å². The molecular weight excluding hydrogens is 403 g/mol. The SMILES string of the molecule is Cc1[nH]c(=O)[nH]c(=O)c1S(=O)(=O)N1CCCC(C(=O)NCc2ccc(F)cc2)C1. The number of sulfonamides is 1. The molecule has 1 fully saturated rings. The lowest BCUT2D eigenvalue weighted by Crippen LogP contribution is -2.46. The van der Waals surface area contributed by atoms with Gasteiger partial charge in [0.2, 0.25) is 15.9 Å². The molecule has 0 aliphatic carbocycles. The number of nitrogens with zero attached hydrogens (tertiary/aromatic N) is 1. The smallest absolute Gasteiger partial charge is 0.325 e. The van der Waals surface area contributed by atoms with Crippen LogP contribution in [-0.2, 0) is 21.4 Å². The van der Waals surface area contributed by atoms with E-state index in [0.29, 0.717) is 12.8 Å². The van der Waals surface area contributed by atoms with E-state index in [1.807, 2.05) is 4.98 Å². The molecule has 3 rings (SSSR count). The quantitative estimate of drug-likeness (QED) is 0.632. The topological polar surface area (TPSA) is 132 Å². The summed E-state index contributed by atoms with van der Waals surface area (Å²) in [5.41, 5.74) is -1.12. The lowest BCUT2D eigenvalue weighted by Gasteiger charge is -2.31. The first-order chi connectivity index (χ1) is 13.7. The Hall–Kier alpha value is -2.79. The Bertz CT molecular complexity index is 1120. The molecule has 2 aromatic rings. The Labute approximate surface area is 166 Å². The first kappa shape index (κ1) is 20.9. The number of piperidine rings is 1. The summed E-state index contributed by atoms with van der Waals surface area (Å²) >= 11 is 0. The molecule has 0 bridgehead atoms. The largest absolute Gasteiger partial charge is 0.352 e. The monoisotopic (exact) mass is 424 g/mol. The van der Waals surface area contributed by atoms with E-state index in [9.17, 15) is 27.2 Å². The van der Waals surface area contributed by atoms with Gasteiger partial charge in [0, 0.05) is 25.3 Å². The minimum absolute atomic E-state index is 0.0540. The van der Waals surface area contributed by atoms with Crippen molar-refractivity contribution in [3.8, 4) is 0 Å². The number of halogens is 1. The van der Waals surface area contributed by atoms with Gasteiger partial charge in [0.05, 0.1) is 5.92 Å². The van der Waals surface area contributed by atoms with Crippen LogP contribution >= 0.6 is 0 Å². The maximum atomic E-state index is 13.0. The maximum absolute atomic E-state index is 13.0. The van der Waals surface area contributed by atoms with Gasteiger partial charge < -0.3 is 10.3 Å². The van der Waals surface area contributed by atoms with E-state index in [-0.39, 0.29) is 37.1 Å². The molecule has 2 heterocycles. The molecular formula is C18H21FN4O5S. The van der Waals surface area contributed by atoms with Crippen LogP contribution in [0.15, 0.2) is 38.8 Å². The highest BCUT2D eigenvalue weighted by molar-refractivity contribution is 7.89. The van der Waals surface area contributed by atoms with Gasteiger partial charge >= 0.3 is 5.69 Å². The molecule has 1 aromatic heterocycles. The van der Waals surface area contributed by atoms with E-state index in [1.54, 1.807) is 12.1 Å². The number of hydrogen-bond acceptors (Lipinski definition) is 5. The number of aryl methyl sites for hydroxylation is 1. The molecule has 1 aromatic carbocycles. The van der Waals surface area contributed by atoms with Crippen LogP contribution in [0.4, 0.5) is 4.39 Å². The van der Waals surface area contributed by atoms with E-state index in [1.165, 1.54) is 19.1 Å². The van der Waals surface area contributed by atoms with Crippen LogP contribution in [0.25, 0.3) is 0 Å². The van der Waals surface area contributed by atoms with Crippen LogP contribution in [0.5, 0.6) is 0 Å². The highest BCUT2D eigenvalue weighted by Crippen LogP contribution is 2.23. The van der Waals surface area contributed by atoms with Gasteiger partial charge in [0.25, 0.3) is 5.56 Å². The van der Waals surface area contributed by atoms with Gasteiger partial charge in [-0.15, -0.1) is 0 Å². The van der Waals surface area contributed by atoms with Crippen LogP contribution in [-0.4, -0.2) is 41.7 Å². The van der Waals surface area contributed by atoms with Crippen molar-refractivity contribution >= 4 is 15.9 Å². The molecule has 1 aliphatic rings. The van der Waals surface area contributed by atoms with Gasteiger partial charge in [-0.05, 0) is 37.5 Å². The molecule has 9 nitrogen and oxygen atoms in total. The van der Waals surface area contributed by atoms with Gasteiger partial charge in [-0.3, -0.25) is 14.6 Å². The van der Waals surface area contributed by atoms with E-state index >= 15 is 0 Å². The summed E-state index contributed by atoms with van der Waals surface area (Å²) in [7, 11) is -4.18.